The fraction of sp³-hybridized carbons (Fsp3) is 0.545. The fourth-order valence-electron chi connectivity index (χ4n) is 4.23. The number of aromatic nitrogens is 2. The van der Waals surface area contributed by atoms with Gasteiger partial charge in [-0.05, 0) is 44.7 Å². The monoisotopic (exact) mass is 416 g/mol. The molecule has 154 valence electrons. The van der Waals surface area contributed by atoms with E-state index in [1.807, 2.05) is 36.7 Å². The van der Waals surface area contributed by atoms with Crippen molar-refractivity contribution in [2.45, 2.75) is 77.6 Å². The highest BCUT2D eigenvalue weighted by molar-refractivity contribution is 6.88. The average molecular weight is 417 g/mol. The summed E-state index contributed by atoms with van der Waals surface area (Å²) in [4.78, 5) is 31.8. The summed E-state index contributed by atoms with van der Waals surface area (Å²) in [6, 6.07) is 7.93. The Bertz CT molecular complexity index is 689. The highest BCUT2D eigenvalue weighted by atomic mass is 28.4. The molecule has 0 aliphatic heterocycles. The van der Waals surface area contributed by atoms with Crippen LogP contribution in [-0.2, 0) is 0 Å². The highest BCUT2D eigenvalue weighted by Gasteiger charge is 2.41. The lowest BCUT2D eigenvalue weighted by Gasteiger charge is -2.33. The van der Waals surface area contributed by atoms with Crippen molar-refractivity contribution in [1.82, 2.24) is 9.97 Å². The van der Waals surface area contributed by atoms with E-state index in [1.165, 1.54) is 0 Å². The Hall–Kier alpha value is -1.35. The highest BCUT2D eigenvalue weighted by Crippen LogP contribution is 2.30. The molecule has 0 aliphatic rings. The summed E-state index contributed by atoms with van der Waals surface area (Å²) in [5, 5.41) is 1.94. The van der Waals surface area contributed by atoms with E-state index in [2.05, 4.69) is 65.4 Å². The summed E-state index contributed by atoms with van der Waals surface area (Å²) < 4.78 is 0. The van der Waals surface area contributed by atoms with Crippen LogP contribution >= 0.6 is 0 Å². The Morgan fingerprint density at radius 2 is 0.857 bits per heavy atom. The maximum Gasteiger partial charge on any atom is 0.226 e. The minimum atomic E-state index is -2.57. The second kappa shape index (κ2) is 8.57. The van der Waals surface area contributed by atoms with Gasteiger partial charge < -0.3 is 9.59 Å². The van der Waals surface area contributed by atoms with Crippen molar-refractivity contribution in [2.24, 2.45) is 0 Å². The lowest BCUT2D eigenvalue weighted by atomic mass is 10.2. The van der Waals surface area contributed by atoms with Crippen LogP contribution in [0.4, 0.5) is 0 Å². The molecule has 6 heteroatoms. The molecule has 0 aromatic carbocycles. The van der Waals surface area contributed by atoms with Crippen molar-refractivity contribution < 1.29 is 9.59 Å². The van der Waals surface area contributed by atoms with E-state index in [9.17, 15) is 9.59 Å². The molecule has 2 rings (SSSR count). The third-order valence-electron chi connectivity index (χ3n) is 6.24. The maximum atomic E-state index is 11.3. The minimum Gasteiger partial charge on any atom is -0.427 e. The summed E-state index contributed by atoms with van der Waals surface area (Å²) in [7, 11) is -5.15. The smallest absolute Gasteiger partial charge is 0.226 e. The predicted octanol–water partition coefficient (Wildman–Crippen LogP) is 4.07. The average Bonchev–Trinajstić information content (AvgIpc) is 2.66. The van der Waals surface area contributed by atoms with E-state index < -0.39 is 16.6 Å². The molecule has 0 spiro atoms. The van der Waals surface area contributed by atoms with E-state index in [0.29, 0.717) is 0 Å². The van der Waals surface area contributed by atoms with Crippen LogP contribution in [0.15, 0.2) is 36.7 Å². The maximum absolute atomic E-state index is 11.3. The topological polar surface area (TPSA) is 66.2 Å². The van der Waals surface area contributed by atoms with Gasteiger partial charge in [0.2, 0.25) is 16.6 Å². The zero-order valence-electron chi connectivity index (χ0n) is 18.6. The van der Waals surface area contributed by atoms with Gasteiger partial charge in [0, 0.05) is 12.4 Å². The Kier molecular flexibility index (Phi) is 7.02. The summed E-state index contributed by atoms with van der Waals surface area (Å²) in [6.45, 7) is 16.7. The first-order valence-electron chi connectivity index (χ1n) is 10.3. The van der Waals surface area contributed by atoms with Crippen molar-refractivity contribution in [2.75, 3.05) is 0 Å². The normalized spacial score (nSPS) is 13.2. The third-order valence-corrected chi connectivity index (χ3v) is 15.7. The van der Waals surface area contributed by atoms with Crippen LogP contribution in [0.3, 0.4) is 0 Å². The van der Waals surface area contributed by atoms with Gasteiger partial charge in [-0.15, -0.1) is 0 Å². The Morgan fingerprint density at radius 3 is 1.04 bits per heavy atom. The SMILES string of the molecule is CC(C)[Si](O)(c1ccc(-c2ccc([Si](O)(C(C)C)C(C)C)cn2)nc1)C(C)C. The molecule has 0 atom stereocenters. The Balaban J connectivity index is 2.35. The van der Waals surface area contributed by atoms with Gasteiger partial charge in [-0.25, -0.2) is 0 Å². The zero-order valence-corrected chi connectivity index (χ0v) is 20.6. The summed E-state index contributed by atoms with van der Waals surface area (Å²) in [5.74, 6) is 0. The molecule has 2 heterocycles. The van der Waals surface area contributed by atoms with E-state index in [4.69, 9.17) is 0 Å². The van der Waals surface area contributed by atoms with Gasteiger partial charge in [0.25, 0.3) is 0 Å². The van der Waals surface area contributed by atoms with Crippen molar-refractivity contribution in [3.8, 4) is 11.4 Å². The van der Waals surface area contributed by atoms with E-state index in [1.54, 1.807) is 0 Å². The number of nitrogens with zero attached hydrogens (tertiary/aromatic N) is 2. The second-order valence-electron chi connectivity index (χ2n) is 9.13. The van der Waals surface area contributed by atoms with Gasteiger partial charge >= 0.3 is 0 Å². The van der Waals surface area contributed by atoms with Gasteiger partial charge in [0.05, 0.1) is 11.4 Å². The molecule has 0 saturated carbocycles. The number of pyridine rings is 2. The molecule has 2 N–H and O–H groups in total. The molecule has 0 fully saturated rings. The van der Waals surface area contributed by atoms with Crippen LogP contribution in [0.1, 0.15) is 55.4 Å². The fourth-order valence-corrected chi connectivity index (χ4v) is 10.8. The molecular formula is C22H36N2O2Si2. The number of hydrogen-bond donors (Lipinski definition) is 2. The molecule has 2 aromatic heterocycles. The van der Waals surface area contributed by atoms with E-state index >= 15 is 0 Å². The summed E-state index contributed by atoms with van der Waals surface area (Å²) >= 11 is 0. The van der Waals surface area contributed by atoms with Gasteiger partial charge in [-0.2, -0.15) is 0 Å². The molecule has 28 heavy (non-hydrogen) atoms. The van der Waals surface area contributed by atoms with Crippen LogP contribution < -0.4 is 10.4 Å². The summed E-state index contributed by atoms with van der Waals surface area (Å²) in [5.41, 5.74) is 2.50. The minimum absolute atomic E-state index is 0.229. The lowest BCUT2D eigenvalue weighted by molar-refractivity contribution is 0.512. The van der Waals surface area contributed by atoms with Crippen molar-refractivity contribution >= 4 is 27.0 Å². The first-order chi connectivity index (χ1) is 13.0. The van der Waals surface area contributed by atoms with Crippen molar-refractivity contribution in [3.05, 3.63) is 36.7 Å². The van der Waals surface area contributed by atoms with Gasteiger partial charge in [-0.1, -0.05) is 67.5 Å². The molecule has 0 aliphatic carbocycles. The molecule has 0 radical (unpaired) electrons. The van der Waals surface area contributed by atoms with Gasteiger partial charge in [0.15, 0.2) is 0 Å². The van der Waals surface area contributed by atoms with Crippen LogP contribution in [0, 0.1) is 0 Å². The molecule has 0 amide bonds. The van der Waals surface area contributed by atoms with E-state index in [-0.39, 0.29) is 22.2 Å². The van der Waals surface area contributed by atoms with Crippen LogP contribution in [-0.4, -0.2) is 36.2 Å². The predicted molar refractivity (Wildman–Crippen MR) is 123 cm³/mol. The first-order valence-corrected chi connectivity index (χ1v) is 14.5. The number of hydrogen-bond acceptors (Lipinski definition) is 4. The molecule has 4 nitrogen and oxygen atoms in total. The van der Waals surface area contributed by atoms with Crippen molar-refractivity contribution in [3.63, 3.8) is 0 Å². The Labute approximate surface area is 172 Å². The van der Waals surface area contributed by atoms with Crippen molar-refractivity contribution in [1.29, 1.82) is 0 Å². The zero-order chi connectivity index (χ0) is 21.3. The molecule has 0 unspecified atom stereocenters. The lowest BCUT2D eigenvalue weighted by Crippen LogP contribution is -2.53. The standard InChI is InChI=1S/C22H36N2O2Si2/c1-15(2)27(25,16(3)4)19-9-11-21(23-13-19)22-12-10-20(14-24-22)28(26,17(5)6)18(7)8/h9-18,25-26H,1-8H3. The van der Waals surface area contributed by atoms with Crippen LogP contribution in [0.5, 0.6) is 0 Å². The molecule has 2 aromatic rings. The first kappa shape index (κ1) is 22.9. The third kappa shape index (κ3) is 4.01. The van der Waals surface area contributed by atoms with Gasteiger partial charge in [0.1, 0.15) is 0 Å². The molecular weight excluding hydrogens is 380 g/mol. The van der Waals surface area contributed by atoms with Gasteiger partial charge in [-0.3, -0.25) is 9.97 Å². The van der Waals surface area contributed by atoms with E-state index in [0.717, 1.165) is 21.8 Å². The second-order valence-corrected chi connectivity index (χ2v) is 18.2. The van der Waals surface area contributed by atoms with Crippen LogP contribution in [0.2, 0.25) is 22.2 Å². The number of rotatable bonds is 7. The molecule has 0 saturated heterocycles. The Morgan fingerprint density at radius 1 is 0.571 bits per heavy atom. The largest absolute Gasteiger partial charge is 0.427 e. The summed E-state index contributed by atoms with van der Waals surface area (Å²) in [6.07, 6.45) is 3.65. The quantitative estimate of drug-likeness (QED) is 0.668. The van der Waals surface area contributed by atoms with Crippen LogP contribution in [0.25, 0.3) is 11.4 Å². The molecule has 0 bridgehead atoms.